The van der Waals surface area contributed by atoms with E-state index in [0.29, 0.717) is 18.7 Å². The van der Waals surface area contributed by atoms with Crippen LogP contribution in [-0.4, -0.2) is 29.8 Å². The van der Waals surface area contributed by atoms with Crippen molar-refractivity contribution in [2.45, 2.75) is 32.5 Å². The molecule has 7 heteroatoms. The Balaban J connectivity index is 0.00000300. The van der Waals surface area contributed by atoms with E-state index in [2.05, 4.69) is 22.3 Å². The molecular formula is C22H29ClN4O2. The maximum Gasteiger partial charge on any atom is 0.251 e. The fourth-order valence-electron chi connectivity index (χ4n) is 3.60. The van der Waals surface area contributed by atoms with Crippen molar-refractivity contribution in [3.63, 3.8) is 0 Å². The number of primary amides is 1. The second-order valence-electron chi connectivity index (χ2n) is 7.38. The molecule has 1 saturated heterocycles. The fourth-order valence-corrected chi connectivity index (χ4v) is 3.60. The maximum atomic E-state index is 12.3. The van der Waals surface area contributed by atoms with E-state index in [0.717, 1.165) is 43.6 Å². The van der Waals surface area contributed by atoms with E-state index >= 15 is 0 Å². The van der Waals surface area contributed by atoms with Crippen molar-refractivity contribution < 1.29 is 9.59 Å². The number of hydrogen-bond acceptors (Lipinski definition) is 4. The molecule has 2 amide bonds. The molecule has 1 unspecified atom stereocenters. The van der Waals surface area contributed by atoms with Crippen LogP contribution in [0, 0.1) is 5.92 Å². The van der Waals surface area contributed by atoms with Gasteiger partial charge in [-0.1, -0.05) is 36.4 Å². The average Bonchev–Trinajstić information content (AvgIpc) is 2.72. The number of piperidine rings is 1. The quantitative estimate of drug-likeness (QED) is 0.643. The van der Waals surface area contributed by atoms with Gasteiger partial charge in [0.05, 0.1) is 5.92 Å². The van der Waals surface area contributed by atoms with E-state index < -0.39 is 0 Å². The molecule has 29 heavy (non-hydrogen) atoms. The van der Waals surface area contributed by atoms with Crippen molar-refractivity contribution >= 4 is 24.2 Å². The number of rotatable bonds is 7. The minimum atomic E-state index is -0.208. The first-order valence-corrected chi connectivity index (χ1v) is 9.72. The SMILES string of the molecule is Cl.NCc1ccc(C(=O)NCc2cccc(CN3CCCC(C(N)=O)C3)c2)cc1. The number of halogens is 1. The summed E-state index contributed by atoms with van der Waals surface area (Å²) in [4.78, 5) is 26.1. The maximum absolute atomic E-state index is 12.3. The van der Waals surface area contributed by atoms with Crippen LogP contribution in [0.1, 0.15) is 39.9 Å². The molecule has 5 N–H and O–H groups in total. The predicted molar refractivity (Wildman–Crippen MR) is 116 cm³/mol. The number of nitrogens with one attached hydrogen (secondary N) is 1. The molecule has 1 fully saturated rings. The lowest BCUT2D eigenvalue weighted by molar-refractivity contribution is -0.123. The fraction of sp³-hybridized carbons (Fsp3) is 0.364. The Morgan fingerprint density at radius 3 is 2.48 bits per heavy atom. The van der Waals surface area contributed by atoms with Crippen molar-refractivity contribution in [3.05, 3.63) is 70.8 Å². The van der Waals surface area contributed by atoms with E-state index in [1.165, 1.54) is 5.56 Å². The molecule has 1 aliphatic heterocycles. The summed E-state index contributed by atoms with van der Waals surface area (Å²) in [5.41, 5.74) is 14.9. The van der Waals surface area contributed by atoms with Crippen LogP contribution in [0.15, 0.2) is 48.5 Å². The molecule has 2 aromatic rings. The molecule has 0 saturated carbocycles. The summed E-state index contributed by atoms with van der Waals surface area (Å²) in [5, 5.41) is 2.96. The Morgan fingerprint density at radius 1 is 1.07 bits per heavy atom. The van der Waals surface area contributed by atoms with E-state index in [9.17, 15) is 9.59 Å². The summed E-state index contributed by atoms with van der Waals surface area (Å²) in [5.74, 6) is -0.364. The molecule has 0 spiro atoms. The average molecular weight is 417 g/mol. The smallest absolute Gasteiger partial charge is 0.251 e. The summed E-state index contributed by atoms with van der Waals surface area (Å²) >= 11 is 0. The van der Waals surface area contributed by atoms with E-state index in [1.807, 2.05) is 24.3 Å². The van der Waals surface area contributed by atoms with Crippen LogP contribution in [0.3, 0.4) is 0 Å². The molecule has 0 aliphatic carbocycles. The van der Waals surface area contributed by atoms with Gasteiger partial charge < -0.3 is 16.8 Å². The number of nitrogens with zero attached hydrogens (tertiary/aromatic N) is 1. The Kier molecular flexibility index (Phi) is 8.64. The predicted octanol–water partition coefficient (Wildman–Crippen LogP) is 2.19. The third kappa shape index (κ3) is 6.56. The highest BCUT2D eigenvalue weighted by Gasteiger charge is 2.23. The van der Waals surface area contributed by atoms with E-state index in [4.69, 9.17) is 11.5 Å². The molecular weight excluding hydrogens is 388 g/mol. The largest absolute Gasteiger partial charge is 0.369 e. The summed E-state index contributed by atoms with van der Waals surface area (Å²) in [6.45, 7) is 3.41. The van der Waals surface area contributed by atoms with Gasteiger partial charge in [-0.25, -0.2) is 0 Å². The zero-order chi connectivity index (χ0) is 19.9. The van der Waals surface area contributed by atoms with Crippen LogP contribution in [0.5, 0.6) is 0 Å². The first-order chi connectivity index (χ1) is 13.5. The number of benzene rings is 2. The lowest BCUT2D eigenvalue weighted by atomic mass is 9.97. The van der Waals surface area contributed by atoms with Crippen LogP contribution < -0.4 is 16.8 Å². The zero-order valence-corrected chi connectivity index (χ0v) is 17.3. The van der Waals surface area contributed by atoms with Gasteiger partial charge in [-0.05, 0) is 48.2 Å². The van der Waals surface area contributed by atoms with Gasteiger partial charge in [-0.2, -0.15) is 0 Å². The highest BCUT2D eigenvalue weighted by molar-refractivity contribution is 5.94. The van der Waals surface area contributed by atoms with Gasteiger partial charge in [0.2, 0.25) is 5.91 Å². The normalized spacial score (nSPS) is 16.7. The topological polar surface area (TPSA) is 101 Å². The number of carbonyl (C=O) groups is 2. The molecule has 3 rings (SSSR count). The summed E-state index contributed by atoms with van der Waals surface area (Å²) in [6.07, 6.45) is 1.87. The molecule has 0 bridgehead atoms. The lowest BCUT2D eigenvalue weighted by Crippen LogP contribution is -2.40. The van der Waals surface area contributed by atoms with E-state index in [-0.39, 0.29) is 30.1 Å². The lowest BCUT2D eigenvalue weighted by Gasteiger charge is -2.31. The number of amides is 2. The second-order valence-corrected chi connectivity index (χ2v) is 7.38. The molecule has 1 heterocycles. The van der Waals surface area contributed by atoms with Crippen molar-refractivity contribution in [2.75, 3.05) is 13.1 Å². The zero-order valence-electron chi connectivity index (χ0n) is 16.5. The van der Waals surface area contributed by atoms with Gasteiger partial charge in [0, 0.05) is 31.7 Å². The van der Waals surface area contributed by atoms with Gasteiger partial charge in [0.15, 0.2) is 0 Å². The van der Waals surface area contributed by atoms with Crippen LogP contribution in [0.4, 0.5) is 0 Å². The molecule has 2 aromatic carbocycles. The van der Waals surface area contributed by atoms with Gasteiger partial charge in [-0.3, -0.25) is 14.5 Å². The minimum Gasteiger partial charge on any atom is -0.369 e. The Bertz CT molecular complexity index is 826. The Hall–Kier alpha value is -2.41. The third-order valence-corrected chi connectivity index (χ3v) is 5.21. The first-order valence-electron chi connectivity index (χ1n) is 9.72. The summed E-state index contributed by atoms with van der Waals surface area (Å²) in [6, 6.07) is 15.5. The number of nitrogens with two attached hydrogens (primary N) is 2. The van der Waals surface area contributed by atoms with Crippen molar-refractivity contribution in [1.29, 1.82) is 0 Å². The number of likely N-dealkylation sites (tertiary alicyclic amines) is 1. The standard InChI is InChI=1S/C22H28N4O2.ClH/c23-12-16-6-8-19(9-7-16)22(28)25-13-17-3-1-4-18(11-17)14-26-10-2-5-20(15-26)21(24)27;/h1,3-4,6-9,11,20H,2,5,10,12-15,23H2,(H2,24,27)(H,25,28);1H. The van der Waals surface area contributed by atoms with Gasteiger partial charge in [0.1, 0.15) is 0 Å². The number of carbonyl (C=O) groups excluding carboxylic acids is 2. The molecule has 6 nitrogen and oxygen atoms in total. The van der Waals surface area contributed by atoms with Crippen LogP contribution in [-0.2, 0) is 24.4 Å². The van der Waals surface area contributed by atoms with Crippen molar-refractivity contribution in [2.24, 2.45) is 17.4 Å². The molecule has 0 aromatic heterocycles. The molecule has 1 atom stereocenters. The molecule has 0 radical (unpaired) electrons. The monoisotopic (exact) mass is 416 g/mol. The summed E-state index contributed by atoms with van der Waals surface area (Å²) in [7, 11) is 0. The second kappa shape index (κ2) is 11.0. The van der Waals surface area contributed by atoms with Crippen molar-refractivity contribution in [3.8, 4) is 0 Å². The van der Waals surface area contributed by atoms with Crippen molar-refractivity contribution in [1.82, 2.24) is 10.2 Å². The summed E-state index contributed by atoms with van der Waals surface area (Å²) < 4.78 is 0. The first kappa shape index (κ1) is 22.9. The van der Waals surface area contributed by atoms with Crippen LogP contribution in [0.25, 0.3) is 0 Å². The highest BCUT2D eigenvalue weighted by atomic mass is 35.5. The molecule has 156 valence electrons. The molecule has 1 aliphatic rings. The van der Waals surface area contributed by atoms with Crippen LogP contribution >= 0.6 is 12.4 Å². The minimum absolute atomic E-state index is 0. The van der Waals surface area contributed by atoms with Gasteiger partial charge in [-0.15, -0.1) is 12.4 Å². The Morgan fingerprint density at radius 2 is 1.79 bits per heavy atom. The van der Waals surface area contributed by atoms with Gasteiger partial charge >= 0.3 is 0 Å². The van der Waals surface area contributed by atoms with E-state index in [1.54, 1.807) is 12.1 Å². The third-order valence-electron chi connectivity index (χ3n) is 5.21. The Labute approximate surface area is 178 Å². The highest BCUT2D eigenvalue weighted by Crippen LogP contribution is 2.18. The van der Waals surface area contributed by atoms with Crippen LogP contribution in [0.2, 0.25) is 0 Å². The number of hydrogen-bond donors (Lipinski definition) is 3. The van der Waals surface area contributed by atoms with Gasteiger partial charge in [0.25, 0.3) is 5.91 Å².